The van der Waals surface area contributed by atoms with Crippen LogP contribution in [0.4, 0.5) is 0 Å². The van der Waals surface area contributed by atoms with Crippen LogP contribution >= 0.6 is 0 Å². The number of carboxylic acids is 1. The maximum Gasteiger partial charge on any atom is 0.320 e. The average molecular weight is 157 g/mol. The second-order valence-corrected chi connectivity index (χ2v) is 3.34. The third-order valence-corrected chi connectivity index (χ3v) is 2.47. The van der Waals surface area contributed by atoms with Crippen molar-refractivity contribution in [3.8, 4) is 0 Å². The lowest BCUT2D eigenvalue weighted by atomic mass is 10.1. The molecule has 0 spiro atoms. The highest BCUT2D eigenvalue weighted by Crippen LogP contribution is 2.43. The molecule has 0 saturated heterocycles. The van der Waals surface area contributed by atoms with Crippen LogP contribution in [0.3, 0.4) is 0 Å². The first-order valence-electron chi connectivity index (χ1n) is 4.13. The van der Waals surface area contributed by atoms with Gasteiger partial charge in [0, 0.05) is 0 Å². The second-order valence-electron chi connectivity index (χ2n) is 3.34. The van der Waals surface area contributed by atoms with Gasteiger partial charge in [-0.15, -0.1) is 0 Å². The summed E-state index contributed by atoms with van der Waals surface area (Å²) in [4.78, 5) is 10.3. The van der Waals surface area contributed by atoms with E-state index >= 15 is 0 Å². The molecule has 64 valence electrons. The molecule has 0 heterocycles. The first-order valence-corrected chi connectivity index (χ1v) is 4.13. The molecule has 1 aliphatic rings. The summed E-state index contributed by atoms with van der Waals surface area (Å²) in [6.45, 7) is 2.14. The predicted molar refractivity (Wildman–Crippen MR) is 42.1 cm³/mol. The van der Waals surface area contributed by atoms with Gasteiger partial charge in [-0.2, -0.15) is 0 Å². The zero-order valence-electron chi connectivity index (χ0n) is 6.79. The highest BCUT2D eigenvalue weighted by molar-refractivity contribution is 5.73. The third-order valence-electron chi connectivity index (χ3n) is 2.47. The molecule has 0 aromatic heterocycles. The van der Waals surface area contributed by atoms with E-state index in [1.807, 2.05) is 0 Å². The highest BCUT2D eigenvalue weighted by Gasteiger charge is 2.37. The molecular formula is C8H15NO2. The van der Waals surface area contributed by atoms with E-state index in [1.54, 1.807) is 0 Å². The molecule has 0 aliphatic heterocycles. The second kappa shape index (κ2) is 3.22. The summed E-state index contributed by atoms with van der Waals surface area (Å²) in [5.74, 6) is 0.471. The van der Waals surface area contributed by atoms with Gasteiger partial charge in [0.15, 0.2) is 0 Å². The lowest BCUT2D eigenvalue weighted by Crippen LogP contribution is -2.30. The standard InChI is InChI=1S/C8H15NO2/c1-2-5-3-6(5)4-7(9)8(10)11/h5-7H,2-4,9H2,1H3,(H,10,11)/t5?,6-,7?/m0/s1. The fraction of sp³-hybridized carbons (Fsp3) is 0.875. The van der Waals surface area contributed by atoms with Crippen molar-refractivity contribution in [3.05, 3.63) is 0 Å². The van der Waals surface area contributed by atoms with Crippen molar-refractivity contribution < 1.29 is 9.90 Å². The van der Waals surface area contributed by atoms with E-state index in [1.165, 1.54) is 6.42 Å². The number of hydrogen-bond donors (Lipinski definition) is 2. The van der Waals surface area contributed by atoms with Gasteiger partial charge in [0.05, 0.1) is 0 Å². The Bertz CT molecular complexity index is 158. The molecule has 0 amide bonds. The number of hydrogen-bond acceptors (Lipinski definition) is 2. The lowest BCUT2D eigenvalue weighted by Gasteiger charge is -2.03. The van der Waals surface area contributed by atoms with E-state index in [2.05, 4.69) is 6.92 Å². The predicted octanol–water partition coefficient (Wildman–Crippen LogP) is 0.834. The molecule has 1 fully saturated rings. The van der Waals surface area contributed by atoms with E-state index in [-0.39, 0.29) is 0 Å². The smallest absolute Gasteiger partial charge is 0.320 e. The summed E-state index contributed by atoms with van der Waals surface area (Å²) in [5, 5.41) is 8.49. The fourth-order valence-corrected chi connectivity index (χ4v) is 1.53. The summed E-state index contributed by atoms with van der Waals surface area (Å²) < 4.78 is 0. The van der Waals surface area contributed by atoms with Crippen LogP contribution < -0.4 is 5.73 Å². The van der Waals surface area contributed by atoms with Gasteiger partial charge in [-0.3, -0.25) is 4.79 Å². The molecule has 11 heavy (non-hydrogen) atoms. The van der Waals surface area contributed by atoms with E-state index < -0.39 is 12.0 Å². The van der Waals surface area contributed by atoms with Crippen LogP contribution in [0.25, 0.3) is 0 Å². The van der Waals surface area contributed by atoms with E-state index in [9.17, 15) is 4.79 Å². The molecule has 3 nitrogen and oxygen atoms in total. The minimum absolute atomic E-state index is 0.589. The largest absolute Gasteiger partial charge is 0.480 e. The molecule has 0 aromatic rings. The van der Waals surface area contributed by atoms with Gasteiger partial charge >= 0.3 is 5.97 Å². The van der Waals surface area contributed by atoms with Gasteiger partial charge in [0.2, 0.25) is 0 Å². The SMILES string of the molecule is CCC1C[C@H]1CC(N)C(=O)O. The number of nitrogens with two attached hydrogens (primary N) is 1. The summed E-state index contributed by atoms with van der Waals surface area (Å²) in [7, 11) is 0. The first-order chi connectivity index (χ1) is 5.15. The van der Waals surface area contributed by atoms with Crippen LogP contribution in [-0.4, -0.2) is 17.1 Å². The Morgan fingerprint density at radius 1 is 1.73 bits per heavy atom. The molecule has 3 N–H and O–H groups in total. The molecule has 1 aliphatic carbocycles. The van der Waals surface area contributed by atoms with Crippen molar-refractivity contribution in [2.24, 2.45) is 17.6 Å². The summed E-state index contributed by atoms with van der Waals surface area (Å²) in [6.07, 6.45) is 3.00. The Morgan fingerprint density at radius 2 is 2.36 bits per heavy atom. The number of aliphatic carboxylic acids is 1. The Hall–Kier alpha value is -0.570. The van der Waals surface area contributed by atoms with Crippen LogP contribution in [-0.2, 0) is 4.79 Å². The van der Waals surface area contributed by atoms with Gasteiger partial charge in [-0.25, -0.2) is 0 Å². The number of rotatable bonds is 4. The maximum absolute atomic E-state index is 10.3. The highest BCUT2D eigenvalue weighted by atomic mass is 16.4. The van der Waals surface area contributed by atoms with E-state index in [4.69, 9.17) is 10.8 Å². The molecular weight excluding hydrogens is 142 g/mol. The van der Waals surface area contributed by atoms with Crippen molar-refractivity contribution in [3.63, 3.8) is 0 Å². The number of carboxylic acid groups (broad SMARTS) is 1. The van der Waals surface area contributed by atoms with Crippen LogP contribution in [0.2, 0.25) is 0 Å². The van der Waals surface area contributed by atoms with Crippen molar-refractivity contribution in [2.75, 3.05) is 0 Å². The monoisotopic (exact) mass is 157 g/mol. The lowest BCUT2D eigenvalue weighted by molar-refractivity contribution is -0.138. The van der Waals surface area contributed by atoms with Crippen LogP contribution in [0.15, 0.2) is 0 Å². The van der Waals surface area contributed by atoms with Gasteiger partial charge < -0.3 is 10.8 Å². The van der Waals surface area contributed by atoms with Crippen molar-refractivity contribution >= 4 is 5.97 Å². The average Bonchev–Trinajstić information content (AvgIpc) is 2.67. The van der Waals surface area contributed by atoms with Crippen molar-refractivity contribution in [1.29, 1.82) is 0 Å². The van der Waals surface area contributed by atoms with E-state index in [0.29, 0.717) is 12.3 Å². The summed E-state index contributed by atoms with van der Waals surface area (Å²) in [5.41, 5.74) is 5.37. The Balaban J connectivity index is 2.18. The summed E-state index contributed by atoms with van der Waals surface area (Å²) >= 11 is 0. The normalized spacial score (nSPS) is 31.5. The van der Waals surface area contributed by atoms with Crippen molar-refractivity contribution in [2.45, 2.75) is 32.2 Å². The van der Waals surface area contributed by atoms with Crippen molar-refractivity contribution in [1.82, 2.24) is 0 Å². The van der Waals surface area contributed by atoms with Crippen LogP contribution in [0.5, 0.6) is 0 Å². The van der Waals surface area contributed by atoms with Gasteiger partial charge in [-0.05, 0) is 24.7 Å². The quantitative estimate of drug-likeness (QED) is 0.635. The summed E-state index contributed by atoms with van der Waals surface area (Å²) in [6, 6.07) is -0.642. The zero-order valence-corrected chi connectivity index (χ0v) is 6.79. The molecule has 0 radical (unpaired) electrons. The first kappa shape index (κ1) is 8.53. The fourth-order valence-electron chi connectivity index (χ4n) is 1.53. The Labute approximate surface area is 66.6 Å². The molecule has 1 saturated carbocycles. The minimum Gasteiger partial charge on any atom is -0.480 e. The molecule has 0 aromatic carbocycles. The van der Waals surface area contributed by atoms with Gasteiger partial charge in [0.1, 0.15) is 6.04 Å². The molecule has 1 rings (SSSR count). The minimum atomic E-state index is -0.869. The van der Waals surface area contributed by atoms with Gasteiger partial charge in [0.25, 0.3) is 0 Å². The van der Waals surface area contributed by atoms with E-state index in [0.717, 1.165) is 12.3 Å². The zero-order chi connectivity index (χ0) is 8.43. The van der Waals surface area contributed by atoms with Crippen LogP contribution in [0, 0.1) is 11.8 Å². The number of carbonyl (C=O) groups is 1. The van der Waals surface area contributed by atoms with Gasteiger partial charge in [-0.1, -0.05) is 13.3 Å². The topological polar surface area (TPSA) is 63.3 Å². The Morgan fingerprint density at radius 3 is 2.73 bits per heavy atom. The molecule has 3 atom stereocenters. The maximum atomic E-state index is 10.3. The van der Waals surface area contributed by atoms with Crippen LogP contribution in [0.1, 0.15) is 26.2 Å². The third kappa shape index (κ3) is 2.19. The molecule has 2 unspecified atom stereocenters. The Kier molecular flexibility index (Phi) is 2.49. The molecule has 3 heteroatoms. The molecule has 0 bridgehead atoms.